The van der Waals surface area contributed by atoms with Crippen molar-refractivity contribution >= 4 is 33.3 Å². The number of hydrogen-bond acceptors (Lipinski definition) is 6. The third-order valence-corrected chi connectivity index (χ3v) is 4.65. The highest BCUT2D eigenvalue weighted by molar-refractivity contribution is 6.04. The molecule has 7 nitrogen and oxygen atoms in total. The van der Waals surface area contributed by atoms with Crippen molar-refractivity contribution in [2.45, 2.75) is 0 Å². The molecule has 4 rings (SSSR count). The van der Waals surface area contributed by atoms with Gasteiger partial charge in [-0.25, -0.2) is 4.79 Å². The summed E-state index contributed by atoms with van der Waals surface area (Å²) in [6, 6.07) is 17.5. The second-order valence-corrected chi connectivity index (χ2v) is 6.50. The number of carbonyl (C=O) groups excluding carboxylic acids is 1. The quantitative estimate of drug-likeness (QED) is 0.386. The van der Waals surface area contributed by atoms with Gasteiger partial charge in [0.2, 0.25) is 0 Å². The van der Waals surface area contributed by atoms with E-state index in [0.717, 1.165) is 10.8 Å². The monoisotopic (exact) mass is 405 g/mol. The fraction of sp³-hybridized carbons (Fsp3) is 0.130. The number of nitrogens with one attached hydrogen (secondary N) is 1. The molecule has 0 saturated carbocycles. The fourth-order valence-corrected chi connectivity index (χ4v) is 3.19. The zero-order chi connectivity index (χ0) is 21.1. The van der Waals surface area contributed by atoms with E-state index in [1.54, 1.807) is 55.6 Å². The van der Waals surface area contributed by atoms with Crippen LogP contribution in [-0.2, 0) is 4.79 Å². The molecular formula is C23H19NO6. The van der Waals surface area contributed by atoms with Gasteiger partial charge in [0.1, 0.15) is 22.8 Å². The van der Waals surface area contributed by atoms with Crippen LogP contribution >= 0.6 is 0 Å². The summed E-state index contributed by atoms with van der Waals surface area (Å²) in [5.74, 6) is 1.14. The molecule has 0 aliphatic carbocycles. The largest absolute Gasteiger partial charge is 0.497 e. The van der Waals surface area contributed by atoms with Crippen molar-refractivity contribution < 1.29 is 23.4 Å². The lowest BCUT2D eigenvalue weighted by molar-refractivity contribution is -0.118. The summed E-state index contributed by atoms with van der Waals surface area (Å²) < 4.78 is 21.4. The molecule has 0 atom stereocenters. The third kappa shape index (κ3) is 3.77. The second-order valence-electron chi connectivity index (χ2n) is 6.50. The highest BCUT2D eigenvalue weighted by atomic mass is 16.5. The second kappa shape index (κ2) is 8.16. The number of rotatable bonds is 6. The van der Waals surface area contributed by atoms with Gasteiger partial charge in [-0.2, -0.15) is 0 Å². The van der Waals surface area contributed by atoms with E-state index in [9.17, 15) is 9.59 Å². The average Bonchev–Trinajstić information content (AvgIpc) is 2.78. The molecule has 0 aliphatic heterocycles. The molecule has 1 N–H and O–H groups in total. The highest BCUT2D eigenvalue weighted by Crippen LogP contribution is 2.29. The van der Waals surface area contributed by atoms with Crippen molar-refractivity contribution in [1.82, 2.24) is 0 Å². The molecule has 0 bridgehead atoms. The van der Waals surface area contributed by atoms with Crippen LogP contribution in [0.25, 0.3) is 21.7 Å². The molecule has 7 heteroatoms. The van der Waals surface area contributed by atoms with Crippen LogP contribution in [0.3, 0.4) is 0 Å². The maximum atomic E-state index is 12.3. The molecule has 0 radical (unpaired) electrons. The summed E-state index contributed by atoms with van der Waals surface area (Å²) in [4.78, 5) is 24.5. The number of benzene rings is 3. The first-order chi connectivity index (χ1) is 14.6. The van der Waals surface area contributed by atoms with Crippen LogP contribution in [0.2, 0.25) is 0 Å². The minimum absolute atomic E-state index is 0.224. The molecule has 3 aromatic carbocycles. The smallest absolute Gasteiger partial charge is 0.344 e. The summed E-state index contributed by atoms with van der Waals surface area (Å²) in [6.45, 7) is -0.224. The van der Waals surface area contributed by atoms with Crippen molar-refractivity contribution in [2.75, 3.05) is 26.1 Å². The van der Waals surface area contributed by atoms with Crippen molar-refractivity contribution in [3.63, 3.8) is 0 Å². The van der Waals surface area contributed by atoms with Gasteiger partial charge in [-0.05, 0) is 35.7 Å². The Morgan fingerprint density at radius 2 is 1.67 bits per heavy atom. The van der Waals surface area contributed by atoms with Gasteiger partial charge in [0.15, 0.2) is 6.61 Å². The first-order valence-electron chi connectivity index (χ1n) is 9.19. The number of fused-ring (bicyclic) bond motifs is 3. The molecule has 30 heavy (non-hydrogen) atoms. The van der Waals surface area contributed by atoms with Crippen LogP contribution in [0.15, 0.2) is 69.9 Å². The molecule has 4 aromatic rings. The normalized spacial score (nSPS) is 10.7. The Balaban J connectivity index is 1.50. The first kappa shape index (κ1) is 19.3. The van der Waals surface area contributed by atoms with E-state index in [1.807, 2.05) is 12.1 Å². The summed E-state index contributed by atoms with van der Waals surface area (Å²) in [7, 11) is 3.06. The predicted molar refractivity (Wildman–Crippen MR) is 114 cm³/mol. The van der Waals surface area contributed by atoms with Gasteiger partial charge in [-0.15, -0.1) is 0 Å². The van der Waals surface area contributed by atoms with Crippen LogP contribution in [-0.4, -0.2) is 26.7 Å². The van der Waals surface area contributed by atoms with Crippen LogP contribution in [0.4, 0.5) is 5.69 Å². The van der Waals surface area contributed by atoms with Gasteiger partial charge in [-0.1, -0.05) is 18.2 Å². The molecule has 0 saturated heterocycles. The van der Waals surface area contributed by atoms with Crippen LogP contribution < -0.4 is 25.2 Å². The minimum atomic E-state index is -0.417. The molecule has 0 aliphatic rings. The molecule has 1 aromatic heterocycles. The lowest BCUT2D eigenvalue weighted by atomic mass is 10.1. The maximum Gasteiger partial charge on any atom is 0.344 e. The van der Waals surface area contributed by atoms with Crippen LogP contribution in [0, 0.1) is 0 Å². The lowest BCUT2D eigenvalue weighted by Crippen LogP contribution is -2.20. The van der Waals surface area contributed by atoms with Gasteiger partial charge in [-0.3, -0.25) is 4.79 Å². The third-order valence-electron chi connectivity index (χ3n) is 4.65. The summed E-state index contributed by atoms with van der Waals surface area (Å²) in [5.41, 5.74) is 0.482. The number of hydrogen-bond donors (Lipinski definition) is 1. The number of amides is 1. The summed E-state index contributed by atoms with van der Waals surface area (Å²) >= 11 is 0. The Bertz CT molecular complexity index is 1290. The fourth-order valence-electron chi connectivity index (χ4n) is 3.19. The van der Waals surface area contributed by atoms with Crippen LogP contribution in [0.1, 0.15) is 0 Å². The van der Waals surface area contributed by atoms with Gasteiger partial charge in [0.05, 0.1) is 25.3 Å². The average molecular weight is 405 g/mol. The van der Waals surface area contributed by atoms with E-state index in [1.165, 1.54) is 7.11 Å². The molecular weight excluding hydrogens is 386 g/mol. The summed E-state index contributed by atoms with van der Waals surface area (Å²) in [5, 5.41) is 4.86. The van der Waals surface area contributed by atoms with Crippen molar-refractivity contribution in [3.8, 4) is 17.2 Å². The van der Waals surface area contributed by atoms with Gasteiger partial charge in [0.25, 0.3) is 5.91 Å². The van der Waals surface area contributed by atoms with Crippen molar-refractivity contribution in [2.24, 2.45) is 0 Å². The molecule has 0 fully saturated rings. The summed E-state index contributed by atoms with van der Waals surface area (Å²) in [6.07, 6.45) is 0. The van der Waals surface area contributed by atoms with Crippen molar-refractivity contribution in [1.29, 1.82) is 0 Å². The van der Waals surface area contributed by atoms with Gasteiger partial charge in [0, 0.05) is 17.5 Å². The van der Waals surface area contributed by atoms with Gasteiger partial charge >= 0.3 is 5.63 Å². The van der Waals surface area contributed by atoms with Gasteiger partial charge < -0.3 is 23.9 Å². The lowest BCUT2D eigenvalue weighted by Gasteiger charge is -2.12. The van der Waals surface area contributed by atoms with E-state index in [-0.39, 0.29) is 12.5 Å². The zero-order valence-electron chi connectivity index (χ0n) is 16.4. The highest BCUT2D eigenvalue weighted by Gasteiger charge is 2.11. The first-order valence-corrected chi connectivity index (χ1v) is 9.19. The SMILES string of the molecule is COc1ccc(NC(=O)COc2ccc3c(c2)oc(=O)c2ccccc23)c(OC)c1. The van der Waals surface area contributed by atoms with E-state index >= 15 is 0 Å². The molecule has 1 heterocycles. The number of anilines is 1. The number of carbonyl (C=O) groups is 1. The molecule has 0 spiro atoms. The van der Waals surface area contributed by atoms with E-state index in [4.69, 9.17) is 18.6 Å². The van der Waals surface area contributed by atoms with Crippen LogP contribution in [0.5, 0.6) is 17.2 Å². The van der Waals surface area contributed by atoms with Crippen molar-refractivity contribution in [3.05, 3.63) is 71.1 Å². The van der Waals surface area contributed by atoms with E-state index < -0.39 is 5.63 Å². The Labute approximate surface area is 171 Å². The predicted octanol–water partition coefficient (Wildman–Crippen LogP) is 3.98. The number of ether oxygens (including phenoxy) is 3. The standard InChI is InChI=1S/C23H19NO6/c1-27-14-8-10-19(21(11-14)28-2)24-22(25)13-29-15-7-9-17-16-5-3-4-6-18(16)23(26)30-20(17)12-15/h3-12H,13H2,1-2H3,(H,24,25). The number of methoxy groups -OCH3 is 2. The Morgan fingerprint density at radius 3 is 2.43 bits per heavy atom. The Kier molecular flexibility index (Phi) is 5.26. The molecule has 1 amide bonds. The van der Waals surface area contributed by atoms with E-state index in [0.29, 0.717) is 33.9 Å². The minimum Gasteiger partial charge on any atom is -0.497 e. The van der Waals surface area contributed by atoms with E-state index in [2.05, 4.69) is 5.32 Å². The molecule has 0 unspecified atom stereocenters. The maximum absolute atomic E-state index is 12.3. The Morgan fingerprint density at radius 1 is 0.900 bits per heavy atom. The topological polar surface area (TPSA) is 87.0 Å². The Hall–Kier alpha value is -4.00. The zero-order valence-corrected chi connectivity index (χ0v) is 16.4. The molecule has 152 valence electrons.